The average molecular weight is 453 g/mol. The predicted molar refractivity (Wildman–Crippen MR) is 116 cm³/mol. The number of amides is 3. The summed E-state index contributed by atoms with van der Waals surface area (Å²) in [6, 6.07) is 5.45. The summed E-state index contributed by atoms with van der Waals surface area (Å²) >= 11 is 0. The zero-order chi connectivity index (χ0) is 22.4. The lowest BCUT2D eigenvalue weighted by atomic mass is 9.96. The molecule has 0 unspecified atom stereocenters. The summed E-state index contributed by atoms with van der Waals surface area (Å²) in [6.45, 7) is 3.11. The van der Waals surface area contributed by atoms with Crippen LogP contribution in [-0.2, 0) is 14.8 Å². The first-order valence-corrected chi connectivity index (χ1v) is 12.2. The molecule has 0 spiro atoms. The number of nitrogens with zero attached hydrogens (tertiary/aromatic N) is 2. The number of rotatable bonds is 6. The maximum atomic E-state index is 12.9. The van der Waals surface area contributed by atoms with Crippen molar-refractivity contribution in [3.8, 4) is 5.75 Å². The van der Waals surface area contributed by atoms with Gasteiger partial charge in [-0.25, -0.2) is 13.2 Å². The van der Waals surface area contributed by atoms with Crippen LogP contribution < -0.4 is 15.4 Å². The van der Waals surface area contributed by atoms with E-state index in [1.165, 1.54) is 30.0 Å². The molecule has 31 heavy (non-hydrogen) atoms. The molecule has 1 aliphatic heterocycles. The summed E-state index contributed by atoms with van der Waals surface area (Å²) in [6.07, 6.45) is 5.28. The zero-order valence-corrected chi connectivity index (χ0v) is 19.0. The number of ether oxygens (including phenoxy) is 1. The van der Waals surface area contributed by atoms with Crippen molar-refractivity contribution in [3.63, 3.8) is 0 Å². The fourth-order valence-electron chi connectivity index (χ4n) is 4.08. The Balaban J connectivity index is 1.49. The maximum Gasteiger partial charge on any atom is 0.321 e. The molecule has 2 fully saturated rings. The molecule has 2 aliphatic rings. The summed E-state index contributed by atoms with van der Waals surface area (Å²) in [5, 5.41) is 5.30. The van der Waals surface area contributed by atoms with Gasteiger partial charge in [-0.1, -0.05) is 19.3 Å². The molecular weight excluding hydrogens is 420 g/mol. The van der Waals surface area contributed by atoms with Gasteiger partial charge in [0.1, 0.15) is 5.75 Å². The second kappa shape index (κ2) is 10.4. The van der Waals surface area contributed by atoms with Gasteiger partial charge in [-0.2, -0.15) is 4.31 Å². The largest absolute Gasteiger partial charge is 0.497 e. The molecule has 10 heteroatoms. The second-order valence-corrected chi connectivity index (χ2v) is 10.0. The van der Waals surface area contributed by atoms with E-state index in [4.69, 9.17) is 4.74 Å². The van der Waals surface area contributed by atoms with Gasteiger partial charge in [-0.3, -0.25) is 15.0 Å². The number of carbonyl (C=O) groups excluding carboxylic acids is 2. The number of imide groups is 1. The molecule has 3 rings (SSSR count). The van der Waals surface area contributed by atoms with Crippen molar-refractivity contribution in [2.45, 2.75) is 56.0 Å². The van der Waals surface area contributed by atoms with Crippen LogP contribution in [0.1, 0.15) is 39.0 Å². The van der Waals surface area contributed by atoms with Crippen LogP contribution in [0.25, 0.3) is 0 Å². The number of piperazine rings is 1. The van der Waals surface area contributed by atoms with Crippen molar-refractivity contribution >= 4 is 22.0 Å². The third-order valence-corrected chi connectivity index (χ3v) is 7.99. The monoisotopic (exact) mass is 452 g/mol. The zero-order valence-electron chi connectivity index (χ0n) is 18.2. The molecule has 9 nitrogen and oxygen atoms in total. The van der Waals surface area contributed by atoms with Gasteiger partial charge in [0.15, 0.2) is 0 Å². The first kappa shape index (κ1) is 23.5. The number of sulfonamides is 1. The van der Waals surface area contributed by atoms with Gasteiger partial charge < -0.3 is 10.1 Å². The first-order valence-electron chi connectivity index (χ1n) is 10.8. The van der Waals surface area contributed by atoms with Crippen molar-refractivity contribution in [1.29, 1.82) is 0 Å². The quantitative estimate of drug-likeness (QED) is 0.678. The minimum absolute atomic E-state index is 0.128. The molecule has 0 aromatic heterocycles. The standard InChI is InChI=1S/C21H32N4O5S/c1-16(20(26)23-21(27)22-17-6-4-3-5-7-17)24-12-14-25(15-13-24)31(28,29)19-10-8-18(30-2)9-11-19/h8-11,16-17H,3-7,12-15H2,1-2H3,(H2,22,23,26,27)/t16-/m0/s1. The fraction of sp³-hybridized carbons (Fsp3) is 0.619. The molecule has 1 saturated heterocycles. The van der Waals surface area contributed by atoms with Crippen LogP contribution in [0.4, 0.5) is 4.79 Å². The smallest absolute Gasteiger partial charge is 0.321 e. The first-order chi connectivity index (χ1) is 14.8. The van der Waals surface area contributed by atoms with Gasteiger partial charge in [0, 0.05) is 32.2 Å². The van der Waals surface area contributed by atoms with Crippen LogP contribution in [0.3, 0.4) is 0 Å². The topological polar surface area (TPSA) is 108 Å². The predicted octanol–water partition coefficient (Wildman–Crippen LogP) is 1.55. The van der Waals surface area contributed by atoms with E-state index < -0.39 is 22.1 Å². The number of hydrogen-bond donors (Lipinski definition) is 2. The Hall–Kier alpha value is -2.17. The Morgan fingerprint density at radius 3 is 2.23 bits per heavy atom. The van der Waals surface area contributed by atoms with Gasteiger partial charge in [-0.15, -0.1) is 0 Å². The van der Waals surface area contributed by atoms with E-state index in [1.807, 2.05) is 4.90 Å². The third-order valence-electron chi connectivity index (χ3n) is 6.07. The molecule has 1 saturated carbocycles. The number of benzene rings is 1. The molecule has 172 valence electrons. The highest BCUT2D eigenvalue weighted by Crippen LogP contribution is 2.21. The third kappa shape index (κ3) is 5.96. The summed E-state index contributed by atoms with van der Waals surface area (Å²) < 4.78 is 32.2. The number of methoxy groups -OCH3 is 1. The molecule has 3 amide bonds. The van der Waals surface area contributed by atoms with Gasteiger partial charge in [-0.05, 0) is 44.0 Å². The number of carbonyl (C=O) groups is 2. The van der Waals surface area contributed by atoms with Crippen molar-refractivity contribution < 1.29 is 22.7 Å². The van der Waals surface area contributed by atoms with Crippen LogP contribution >= 0.6 is 0 Å². The molecule has 0 bridgehead atoms. The molecule has 1 heterocycles. The normalized spacial score (nSPS) is 20.1. The van der Waals surface area contributed by atoms with Crippen LogP contribution in [0.2, 0.25) is 0 Å². The summed E-state index contributed by atoms with van der Waals surface area (Å²) in [7, 11) is -2.08. The average Bonchev–Trinajstić information content (AvgIpc) is 2.79. The van der Waals surface area contributed by atoms with Crippen molar-refractivity contribution in [3.05, 3.63) is 24.3 Å². The Kier molecular flexibility index (Phi) is 7.90. The second-order valence-electron chi connectivity index (χ2n) is 8.09. The van der Waals surface area contributed by atoms with Crippen LogP contribution in [-0.4, -0.2) is 74.9 Å². The van der Waals surface area contributed by atoms with Gasteiger partial charge in [0.2, 0.25) is 15.9 Å². The lowest BCUT2D eigenvalue weighted by Crippen LogP contribution is -2.56. The van der Waals surface area contributed by atoms with E-state index in [1.54, 1.807) is 19.1 Å². The number of urea groups is 1. The van der Waals surface area contributed by atoms with Crippen LogP contribution in [0, 0.1) is 0 Å². The SMILES string of the molecule is COc1ccc(S(=O)(=O)N2CCN([C@@H](C)C(=O)NC(=O)NC3CCCCC3)CC2)cc1. The Morgan fingerprint density at radius 1 is 1.03 bits per heavy atom. The number of nitrogens with one attached hydrogen (secondary N) is 2. The Morgan fingerprint density at radius 2 is 1.65 bits per heavy atom. The van der Waals surface area contributed by atoms with E-state index in [2.05, 4.69) is 10.6 Å². The Labute approximate surface area is 184 Å². The lowest BCUT2D eigenvalue weighted by Gasteiger charge is -2.36. The van der Waals surface area contributed by atoms with Crippen molar-refractivity contribution in [2.24, 2.45) is 0 Å². The lowest BCUT2D eigenvalue weighted by molar-refractivity contribution is -0.125. The van der Waals surface area contributed by atoms with E-state index in [0.717, 1.165) is 25.7 Å². The molecule has 1 aliphatic carbocycles. The highest BCUT2D eigenvalue weighted by Gasteiger charge is 2.32. The molecular formula is C21H32N4O5S. The van der Waals surface area contributed by atoms with Crippen LogP contribution in [0.5, 0.6) is 5.75 Å². The van der Waals surface area contributed by atoms with E-state index in [0.29, 0.717) is 18.8 Å². The van der Waals surface area contributed by atoms with E-state index in [-0.39, 0.29) is 29.9 Å². The van der Waals surface area contributed by atoms with E-state index in [9.17, 15) is 18.0 Å². The Bertz CT molecular complexity index is 860. The van der Waals surface area contributed by atoms with Gasteiger partial charge >= 0.3 is 6.03 Å². The maximum absolute atomic E-state index is 12.9. The van der Waals surface area contributed by atoms with Gasteiger partial charge in [0.25, 0.3) is 0 Å². The molecule has 2 N–H and O–H groups in total. The van der Waals surface area contributed by atoms with Crippen LogP contribution in [0.15, 0.2) is 29.2 Å². The molecule has 1 atom stereocenters. The van der Waals surface area contributed by atoms with Crippen molar-refractivity contribution in [2.75, 3.05) is 33.3 Å². The summed E-state index contributed by atoms with van der Waals surface area (Å²) in [5.41, 5.74) is 0. The van der Waals surface area contributed by atoms with Crippen molar-refractivity contribution in [1.82, 2.24) is 19.8 Å². The summed E-state index contributed by atoms with van der Waals surface area (Å²) in [4.78, 5) is 26.7. The highest BCUT2D eigenvalue weighted by atomic mass is 32.2. The molecule has 0 radical (unpaired) electrons. The molecule has 1 aromatic rings. The molecule has 1 aromatic carbocycles. The van der Waals surface area contributed by atoms with E-state index >= 15 is 0 Å². The minimum atomic E-state index is -3.61. The highest BCUT2D eigenvalue weighted by molar-refractivity contribution is 7.89. The number of hydrogen-bond acceptors (Lipinski definition) is 6. The minimum Gasteiger partial charge on any atom is -0.497 e. The fourth-order valence-corrected chi connectivity index (χ4v) is 5.50. The van der Waals surface area contributed by atoms with Gasteiger partial charge in [0.05, 0.1) is 18.0 Å². The summed E-state index contributed by atoms with van der Waals surface area (Å²) in [5.74, 6) is 0.218.